The van der Waals surface area contributed by atoms with Gasteiger partial charge in [-0.15, -0.1) is 0 Å². The van der Waals surface area contributed by atoms with Crippen molar-refractivity contribution in [2.24, 2.45) is 0 Å². The fourth-order valence-electron chi connectivity index (χ4n) is 0.147. The number of hydrogen-bond donors (Lipinski definition) is 0. The molecule has 0 aromatic rings. The Labute approximate surface area is 138 Å². The SMILES string of the molecule is O=S(OS(=O)(=O)[S-])OS(=O)(=O)[S-].[Na+].[Na+]. The quantitative estimate of drug-likeness (QED) is 0.284. The van der Waals surface area contributed by atoms with Crippen molar-refractivity contribution < 1.29 is 87.4 Å². The molecule has 0 unspecified atom stereocenters. The van der Waals surface area contributed by atoms with Crippen LogP contribution in [0.1, 0.15) is 0 Å². The van der Waals surface area contributed by atoms with Gasteiger partial charge in [0.1, 0.15) is 0 Å². The summed E-state index contributed by atoms with van der Waals surface area (Å²) < 4.78 is 57.1. The third-order valence-corrected chi connectivity index (χ3v) is 3.50. The predicted octanol–water partition coefficient (Wildman–Crippen LogP) is -7.81. The molecule has 0 spiro atoms. The molecule has 7 nitrogen and oxygen atoms in total. The Morgan fingerprint density at radius 1 is 0.857 bits per heavy atom. The molecule has 0 saturated carbocycles. The molecule has 0 heterocycles. The van der Waals surface area contributed by atoms with Crippen molar-refractivity contribution in [1.82, 2.24) is 0 Å². The first kappa shape index (κ1) is 21.9. The van der Waals surface area contributed by atoms with Gasteiger partial charge in [0.25, 0.3) is 0 Å². The second kappa shape index (κ2) is 8.72. The van der Waals surface area contributed by atoms with Crippen molar-refractivity contribution in [1.29, 1.82) is 0 Å². The molecule has 0 N–H and O–H groups in total. The summed E-state index contributed by atoms with van der Waals surface area (Å²) in [6.45, 7) is 0. The van der Waals surface area contributed by atoms with Gasteiger partial charge < -0.3 is 23.3 Å². The molecule has 0 saturated heterocycles. The van der Waals surface area contributed by atoms with Gasteiger partial charge in [0.15, 0.2) is 18.3 Å². The summed E-state index contributed by atoms with van der Waals surface area (Å²) in [6.07, 6.45) is 0. The Bertz CT molecular complexity index is 327. The van der Waals surface area contributed by atoms with Crippen LogP contribution in [0.2, 0.25) is 0 Å². The van der Waals surface area contributed by atoms with Gasteiger partial charge in [0, 0.05) is 0 Å². The normalized spacial score (nSPS) is 11.6. The maximum atomic E-state index is 10.2. The molecule has 0 aromatic heterocycles. The zero-order valence-electron chi connectivity index (χ0n) is 6.90. The van der Waals surface area contributed by atoms with Crippen molar-refractivity contribution in [3.63, 3.8) is 0 Å². The van der Waals surface area contributed by atoms with E-state index < -0.39 is 29.7 Å². The maximum Gasteiger partial charge on any atom is 1.00 e. The fourth-order valence-corrected chi connectivity index (χ4v) is 2.35. The minimum Gasteiger partial charge on any atom is -0.618 e. The van der Waals surface area contributed by atoms with E-state index in [9.17, 15) is 21.0 Å². The van der Waals surface area contributed by atoms with E-state index in [0.29, 0.717) is 0 Å². The zero-order chi connectivity index (χ0) is 9.99. The van der Waals surface area contributed by atoms with Crippen LogP contribution in [0.3, 0.4) is 0 Å². The van der Waals surface area contributed by atoms with E-state index in [1.807, 2.05) is 0 Å². The van der Waals surface area contributed by atoms with Crippen molar-refractivity contribution in [2.45, 2.75) is 0 Å². The molecule has 0 aliphatic rings. The van der Waals surface area contributed by atoms with Gasteiger partial charge in [-0.1, -0.05) is 0 Å². The average molecular weight is 318 g/mol. The third-order valence-electron chi connectivity index (χ3n) is 0.278. The van der Waals surface area contributed by atoms with Crippen LogP contribution in [0.15, 0.2) is 0 Å². The molecule has 14 heteroatoms. The average Bonchev–Trinajstić information content (AvgIpc) is 1.49. The van der Waals surface area contributed by atoms with Gasteiger partial charge in [0.2, 0.25) is 0 Å². The van der Waals surface area contributed by atoms with Crippen LogP contribution in [-0.2, 0) is 60.2 Å². The third kappa shape index (κ3) is 17.1. The summed E-state index contributed by atoms with van der Waals surface area (Å²) in [7, 11) is -8.90. The van der Waals surface area contributed by atoms with Crippen LogP contribution in [0.25, 0.3) is 0 Å². The first-order chi connectivity index (χ1) is 5.10. The summed E-state index contributed by atoms with van der Waals surface area (Å²) in [5.41, 5.74) is 0. The van der Waals surface area contributed by atoms with Crippen LogP contribution < -0.4 is 59.1 Å². The minimum absolute atomic E-state index is 0. The molecule has 0 aromatic carbocycles. The molecule has 0 rings (SSSR count). The van der Waals surface area contributed by atoms with Crippen LogP contribution in [-0.4, -0.2) is 21.0 Å². The molecule has 0 amide bonds. The number of hydrogen-bond acceptors (Lipinski definition) is 9. The van der Waals surface area contributed by atoms with Gasteiger partial charge >= 0.3 is 70.5 Å². The van der Waals surface area contributed by atoms with Crippen LogP contribution in [0.4, 0.5) is 0 Å². The van der Waals surface area contributed by atoms with Gasteiger partial charge in [-0.25, -0.2) is 16.8 Å². The van der Waals surface area contributed by atoms with Gasteiger partial charge in [-0.2, -0.15) is 11.5 Å². The molecule has 14 heavy (non-hydrogen) atoms. The van der Waals surface area contributed by atoms with E-state index in [4.69, 9.17) is 0 Å². The van der Waals surface area contributed by atoms with E-state index in [1.54, 1.807) is 0 Å². The molecule has 0 aliphatic heterocycles. The van der Waals surface area contributed by atoms with E-state index >= 15 is 0 Å². The van der Waals surface area contributed by atoms with Gasteiger partial charge in [-0.3, -0.25) is 0 Å². The van der Waals surface area contributed by atoms with Gasteiger partial charge in [-0.05, 0) is 0 Å². The van der Waals surface area contributed by atoms with Crippen LogP contribution >= 0.6 is 0 Å². The smallest absolute Gasteiger partial charge is 0.618 e. The van der Waals surface area contributed by atoms with Crippen LogP contribution in [0.5, 0.6) is 0 Å². The maximum absolute atomic E-state index is 10.2. The Hall–Kier alpha value is 2.67. The summed E-state index contributed by atoms with van der Waals surface area (Å²) in [5, 5.41) is 0. The molecule has 0 aliphatic carbocycles. The second-order valence-electron chi connectivity index (χ2n) is 1.16. The van der Waals surface area contributed by atoms with Gasteiger partial charge in [0.05, 0.1) is 0 Å². The Morgan fingerprint density at radius 3 is 1.21 bits per heavy atom. The Kier molecular flexibility index (Phi) is 13.6. The van der Waals surface area contributed by atoms with Crippen LogP contribution in [0, 0.1) is 0 Å². The molecular formula is Na2O7S5. The van der Waals surface area contributed by atoms with E-state index in [2.05, 4.69) is 30.6 Å². The largest absolute Gasteiger partial charge is 1.00 e. The fraction of sp³-hybridized carbons (Fsp3) is 0. The second-order valence-corrected chi connectivity index (χ2v) is 6.74. The van der Waals surface area contributed by atoms with Crippen molar-refractivity contribution in [3.8, 4) is 0 Å². The standard InChI is InChI=1S/2Na.H2O7S5/c;;1-10(6-11(2,3)8)7-12(4,5)9/h;;(H,2,3,8)(H,4,5,9)/q2*+1;/p-2. The van der Waals surface area contributed by atoms with Crippen molar-refractivity contribution in [3.05, 3.63) is 0 Å². The summed E-state index contributed by atoms with van der Waals surface area (Å²) in [6, 6.07) is 0. The summed E-state index contributed by atoms with van der Waals surface area (Å²) in [4.78, 5) is 0. The molecule has 0 fully saturated rings. The van der Waals surface area contributed by atoms with Crippen molar-refractivity contribution >= 4 is 53.0 Å². The zero-order valence-corrected chi connectivity index (χ0v) is 15.0. The van der Waals surface area contributed by atoms with E-state index in [0.717, 1.165) is 0 Å². The van der Waals surface area contributed by atoms with E-state index in [1.165, 1.54) is 0 Å². The summed E-state index contributed by atoms with van der Waals surface area (Å²) in [5.74, 6) is 0. The topological polar surface area (TPSA) is 104 Å². The minimum atomic E-state index is -4.45. The summed E-state index contributed by atoms with van der Waals surface area (Å²) >= 11 is 4.15. The molecule has 74 valence electrons. The Morgan fingerprint density at radius 2 is 1.07 bits per heavy atom. The predicted molar refractivity (Wildman–Crippen MR) is 42.9 cm³/mol. The first-order valence-electron chi connectivity index (χ1n) is 1.83. The first-order valence-corrected chi connectivity index (χ1v) is 7.50. The van der Waals surface area contributed by atoms with Crippen molar-refractivity contribution in [2.75, 3.05) is 0 Å². The molecule has 0 atom stereocenters. The number of rotatable bonds is 4. The molecular weight excluding hydrogens is 318 g/mol. The Balaban J connectivity index is -0.000000605. The van der Waals surface area contributed by atoms with E-state index in [-0.39, 0.29) is 59.1 Å². The molecule has 0 bridgehead atoms. The monoisotopic (exact) mass is 318 g/mol. The molecule has 0 radical (unpaired) electrons.